The summed E-state index contributed by atoms with van der Waals surface area (Å²) in [6, 6.07) is 4.69. The molecule has 0 bridgehead atoms. The van der Waals surface area contributed by atoms with Crippen LogP contribution in [0.2, 0.25) is 0 Å². The van der Waals surface area contributed by atoms with Crippen LogP contribution in [0, 0.1) is 6.92 Å². The molecule has 1 aromatic carbocycles. The van der Waals surface area contributed by atoms with Gasteiger partial charge in [0.2, 0.25) is 0 Å². The Labute approximate surface area is 77.4 Å². The number of rotatable bonds is 2. The second-order valence-electron chi connectivity index (χ2n) is 2.66. The van der Waals surface area contributed by atoms with Crippen molar-refractivity contribution in [2.45, 2.75) is 11.8 Å². The van der Waals surface area contributed by atoms with Crippen LogP contribution in [-0.4, -0.2) is 15.5 Å². The van der Waals surface area contributed by atoms with Crippen LogP contribution in [0.15, 0.2) is 23.1 Å². The van der Waals surface area contributed by atoms with Gasteiger partial charge in [0.15, 0.2) is 0 Å². The van der Waals surface area contributed by atoms with E-state index in [9.17, 15) is 8.42 Å². The lowest BCUT2D eigenvalue weighted by Crippen LogP contribution is -2.03. The van der Waals surface area contributed by atoms with Gasteiger partial charge in [-0.2, -0.15) is 0 Å². The van der Waals surface area contributed by atoms with Gasteiger partial charge in [0, 0.05) is 0 Å². The molecular formula is C8H10NO3S. The molecule has 71 valence electrons. The van der Waals surface area contributed by atoms with Crippen molar-refractivity contribution in [3.8, 4) is 5.75 Å². The minimum absolute atomic E-state index is 0.0880. The highest BCUT2D eigenvalue weighted by Gasteiger charge is 2.14. The minimum Gasteiger partial charge on any atom is -0.495 e. The molecular weight excluding hydrogens is 190 g/mol. The lowest BCUT2D eigenvalue weighted by Gasteiger charge is -2.05. The van der Waals surface area contributed by atoms with Gasteiger partial charge in [-0.25, -0.2) is 8.42 Å². The van der Waals surface area contributed by atoms with Crippen molar-refractivity contribution in [2.75, 3.05) is 7.11 Å². The molecule has 1 radical (unpaired) electrons. The molecule has 0 spiro atoms. The SMILES string of the molecule is COc1ccc(C)cc1S([NH])(=O)=O. The van der Waals surface area contributed by atoms with Gasteiger partial charge in [0.05, 0.1) is 7.11 Å². The van der Waals surface area contributed by atoms with E-state index in [0.29, 0.717) is 0 Å². The van der Waals surface area contributed by atoms with Gasteiger partial charge in [-0.3, -0.25) is 0 Å². The molecule has 0 fully saturated rings. The van der Waals surface area contributed by atoms with E-state index in [0.717, 1.165) is 5.56 Å². The maximum atomic E-state index is 11.0. The van der Waals surface area contributed by atoms with E-state index in [1.165, 1.54) is 19.2 Å². The van der Waals surface area contributed by atoms with Crippen LogP contribution in [0.1, 0.15) is 5.56 Å². The Hall–Kier alpha value is -1.07. The lowest BCUT2D eigenvalue weighted by atomic mass is 10.2. The second kappa shape index (κ2) is 3.35. The molecule has 13 heavy (non-hydrogen) atoms. The van der Waals surface area contributed by atoms with Crippen LogP contribution in [0.3, 0.4) is 0 Å². The quantitative estimate of drug-likeness (QED) is 0.714. The summed E-state index contributed by atoms with van der Waals surface area (Å²) in [6.07, 6.45) is 0. The molecule has 5 heteroatoms. The lowest BCUT2D eigenvalue weighted by molar-refractivity contribution is 0.402. The van der Waals surface area contributed by atoms with Crippen LogP contribution in [0.4, 0.5) is 0 Å². The Kier molecular flexibility index (Phi) is 2.58. The minimum atomic E-state index is -3.94. The van der Waals surface area contributed by atoms with Crippen molar-refractivity contribution in [3.05, 3.63) is 23.8 Å². The largest absolute Gasteiger partial charge is 0.495 e. The first-order chi connectivity index (χ1) is 5.95. The fraction of sp³-hybridized carbons (Fsp3) is 0.250. The number of methoxy groups -OCH3 is 1. The number of hydrogen-bond donors (Lipinski definition) is 0. The smallest absolute Gasteiger partial charge is 0.257 e. The number of nitrogens with one attached hydrogen (secondary N) is 1. The van der Waals surface area contributed by atoms with Crippen molar-refractivity contribution in [1.82, 2.24) is 5.14 Å². The Morgan fingerprint density at radius 1 is 1.38 bits per heavy atom. The first kappa shape index (κ1) is 10.0. The van der Waals surface area contributed by atoms with Crippen molar-refractivity contribution < 1.29 is 13.2 Å². The van der Waals surface area contributed by atoms with Crippen molar-refractivity contribution >= 4 is 10.0 Å². The molecule has 1 rings (SSSR count). The predicted octanol–water partition coefficient (Wildman–Crippen LogP) is 0.975. The summed E-state index contributed by atoms with van der Waals surface area (Å²) in [5.41, 5.74) is 0.784. The third kappa shape index (κ3) is 2.19. The molecule has 0 saturated heterocycles. The van der Waals surface area contributed by atoms with E-state index in [-0.39, 0.29) is 10.6 Å². The highest BCUT2D eigenvalue weighted by Crippen LogP contribution is 2.23. The van der Waals surface area contributed by atoms with E-state index in [1.54, 1.807) is 13.0 Å². The molecule has 1 N–H and O–H groups in total. The standard InChI is InChI=1S/C8H10NO3S/c1-6-3-4-7(12-2)8(5-6)13(9,10)11/h3-5,9H,1-2H3. The van der Waals surface area contributed by atoms with Crippen LogP contribution in [-0.2, 0) is 10.0 Å². The van der Waals surface area contributed by atoms with Gasteiger partial charge >= 0.3 is 0 Å². The molecule has 0 atom stereocenters. The van der Waals surface area contributed by atoms with Gasteiger partial charge in [-0.15, -0.1) is 5.14 Å². The topological polar surface area (TPSA) is 67.2 Å². The highest BCUT2D eigenvalue weighted by molar-refractivity contribution is 7.89. The Morgan fingerprint density at radius 2 is 2.00 bits per heavy atom. The van der Waals surface area contributed by atoms with Crippen LogP contribution >= 0.6 is 0 Å². The number of hydrogen-bond acceptors (Lipinski definition) is 3. The zero-order valence-corrected chi connectivity index (χ0v) is 8.18. The number of ether oxygens (including phenoxy) is 1. The summed E-state index contributed by atoms with van der Waals surface area (Å²) in [5.74, 6) is 0.209. The maximum absolute atomic E-state index is 11.0. The summed E-state index contributed by atoms with van der Waals surface area (Å²) in [4.78, 5) is -0.0880. The summed E-state index contributed by atoms with van der Waals surface area (Å²) >= 11 is 0. The molecule has 0 amide bonds. The Balaban J connectivity index is 3.41. The van der Waals surface area contributed by atoms with E-state index < -0.39 is 10.0 Å². The number of sulfonamides is 1. The van der Waals surface area contributed by atoms with E-state index in [2.05, 4.69) is 0 Å². The second-order valence-corrected chi connectivity index (χ2v) is 4.10. The van der Waals surface area contributed by atoms with E-state index in [1.807, 2.05) is 0 Å². The molecule has 0 saturated carbocycles. The van der Waals surface area contributed by atoms with Gasteiger partial charge < -0.3 is 4.74 Å². The molecule has 0 aliphatic rings. The summed E-state index contributed by atoms with van der Waals surface area (Å²) in [5, 5.41) is 6.91. The Morgan fingerprint density at radius 3 is 2.46 bits per heavy atom. The molecule has 0 heterocycles. The maximum Gasteiger partial charge on any atom is 0.257 e. The highest BCUT2D eigenvalue weighted by atomic mass is 32.2. The van der Waals surface area contributed by atoms with Crippen molar-refractivity contribution in [2.24, 2.45) is 0 Å². The number of benzene rings is 1. The molecule has 4 nitrogen and oxygen atoms in total. The van der Waals surface area contributed by atoms with Crippen molar-refractivity contribution in [3.63, 3.8) is 0 Å². The molecule has 0 aromatic heterocycles. The summed E-state index contributed by atoms with van der Waals surface area (Å²) < 4.78 is 26.7. The van der Waals surface area contributed by atoms with Crippen LogP contribution in [0.5, 0.6) is 5.75 Å². The van der Waals surface area contributed by atoms with Crippen molar-refractivity contribution in [1.29, 1.82) is 0 Å². The van der Waals surface area contributed by atoms with E-state index in [4.69, 9.17) is 9.88 Å². The van der Waals surface area contributed by atoms with Crippen LogP contribution in [0.25, 0.3) is 0 Å². The predicted molar refractivity (Wildman–Crippen MR) is 48.0 cm³/mol. The zero-order chi connectivity index (χ0) is 10.1. The average Bonchev–Trinajstić information content (AvgIpc) is 2.03. The molecule has 1 aromatic rings. The zero-order valence-electron chi connectivity index (χ0n) is 7.37. The third-order valence-electron chi connectivity index (χ3n) is 1.61. The van der Waals surface area contributed by atoms with Gasteiger partial charge in [0.1, 0.15) is 10.6 Å². The first-order valence-corrected chi connectivity index (χ1v) is 5.08. The van der Waals surface area contributed by atoms with Gasteiger partial charge in [-0.1, -0.05) is 6.07 Å². The average molecular weight is 200 g/mol. The Bertz CT molecular complexity index is 411. The van der Waals surface area contributed by atoms with Crippen LogP contribution < -0.4 is 9.88 Å². The van der Waals surface area contributed by atoms with Gasteiger partial charge in [0.25, 0.3) is 10.0 Å². The number of aryl methyl sites for hydroxylation is 1. The van der Waals surface area contributed by atoms with E-state index >= 15 is 0 Å². The first-order valence-electron chi connectivity index (χ1n) is 3.59. The summed E-state index contributed by atoms with van der Waals surface area (Å²) in [7, 11) is -2.57. The molecule has 0 aliphatic carbocycles. The molecule has 0 unspecified atom stereocenters. The normalized spacial score (nSPS) is 11.3. The third-order valence-corrected chi connectivity index (χ3v) is 2.51. The fourth-order valence-electron chi connectivity index (χ4n) is 0.994. The summed E-state index contributed by atoms with van der Waals surface area (Å²) in [6.45, 7) is 1.76. The van der Waals surface area contributed by atoms with Gasteiger partial charge in [-0.05, 0) is 24.6 Å². The molecule has 0 aliphatic heterocycles. The monoisotopic (exact) mass is 200 g/mol. The fourth-order valence-corrected chi connectivity index (χ4v) is 1.75.